The van der Waals surface area contributed by atoms with E-state index in [0.29, 0.717) is 44.7 Å². The second kappa shape index (κ2) is 7.18. The van der Waals surface area contributed by atoms with Crippen molar-refractivity contribution in [3.63, 3.8) is 0 Å². The number of likely N-dealkylation sites (tertiary alicyclic amines) is 1. The van der Waals surface area contributed by atoms with Crippen molar-refractivity contribution in [1.29, 1.82) is 0 Å². The van der Waals surface area contributed by atoms with E-state index in [4.69, 9.17) is 4.74 Å². The maximum absolute atomic E-state index is 12.8. The number of sulfonamides is 1. The summed E-state index contributed by atoms with van der Waals surface area (Å²) in [6.45, 7) is 1.52. The number of imide groups is 1. The number of benzene rings is 1. The van der Waals surface area contributed by atoms with Gasteiger partial charge < -0.3 is 4.74 Å². The minimum Gasteiger partial charge on any atom is -0.379 e. The Morgan fingerprint density at radius 3 is 2.26 bits per heavy atom. The molecule has 1 aromatic carbocycles. The van der Waals surface area contributed by atoms with E-state index in [2.05, 4.69) is 0 Å². The number of hydrogen-bond acceptors (Lipinski definition) is 5. The molecule has 0 spiro atoms. The Hall–Kier alpha value is -2.03. The molecule has 0 unspecified atom stereocenters. The highest BCUT2D eigenvalue weighted by Crippen LogP contribution is 2.36. The molecule has 0 saturated carbocycles. The molecule has 2 amide bonds. The van der Waals surface area contributed by atoms with Gasteiger partial charge in [-0.1, -0.05) is 24.3 Å². The highest BCUT2D eigenvalue weighted by Gasteiger charge is 2.47. The van der Waals surface area contributed by atoms with E-state index in [1.54, 1.807) is 24.3 Å². The van der Waals surface area contributed by atoms with Crippen LogP contribution < -0.4 is 0 Å². The van der Waals surface area contributed by atoms with Crippen LogP contribution in [0.1, 0.15) is 18.4 Å². The molecule has 8 heteroatoms. The third kappa shape index (κ3) is 3.33. The molecule has 27 heavy (non-hydrogen) atoms. The lowest BCUT2D eigenvalue weighted by Gasteiger charge is -2.26. The first-order valence-electron chi connectivity index (χ1n) is 9.15. The Bertz CT molecular complexity index is 863. The average Bonchev–Trinajstić information content (AvgIpc) is 2.94. The molecule has 2 aliphatic heterocycles. The molecular weight excluding hydrogens is 368 g/mol. The van der Waals surface area contributed by atoms with Gasteiger partial charge in [-0.3, -0.25) is 14.5 Å². The van der Waals surface area contributed by atoms with Crippen molar-refractivity contribution in [1.82, 2.24) is 9.21 Å². The molecular formula is C19H22N2O5S. The van der Waals surface area contributed by atoms with Gasteiger partial charge in [0, 0.05) is 13.1 Å². The van der Waals surface area contributed by atoms with Crippen LogP contribution in [-0.4, -0.2) is 55.7 Å². The van der Waals surface area contributed by atoms with Crippen LogP contribution in [0.15, 0.2) is 41.3 Å². The highest BCUT2D eigenvalue weighted by molar-refractivity contribution is 7.89. The molecule has 4 rings (SSSR count). The predicted octanol–water partition coefficient (Wildman–Crippen LogP) is 1.16. The normalized spacial score (nSPS) is 26.4. The number of carbonyl (C=O) groups excluding carboxylic acids is 2. The lowest BCUT2D eigenvalue weighted by Crippen LogP contribution is -2.40. The number of carbonyl (C=O) groups is 2. The van der Waals surface area contributed by atoms with Crippen molar-refractivity contribution in [2.75, 3.05) is 26.3 Å². The molecule has 1 aromatic rings. The van der Waals surface area contributed by atoms with Crippen molar-refractivity contribution < 1.29 is 22.7 Å². The first-order valence-corrected chi connectivity index (χ1v) is 10.6. The number of hydrogen-bond donors (Lipinski definition) is 0. The smallest absolute Gasteiger partial charge is 0.243 e. The van der Waals surface area contributed by atoms with Crippen molar-refractivity contribution in [2.45, 2.75) is 24.3 Å². The van der Waals surface area contributed by atoms with Crippen LogP contribution in [0.4, 0.5) is 0 Å². The Kier molecular flexibility index (Phi) is 4.88. The van der Waals surface area contributed by atoms with Crippen LogP contribution in [-0.2, 0) is 30.9 Å². The fourth-order valence-electron chi connectivity index (χ4n) is 3.95. The third-order valence-corrected chi connectivity index (χ3v) is 7.34. The molecule has 2 atom stereocenters. The average molecular weight is 390 g/mol. The summed E-state index contributed by atoms with van der Waals surface area (Å²) >= 11 is 0. The van der Waals surface area contributed by atoms with E-state index in [1.165, 1.54) is 9.21 Å². The first kappa shape index (κ1) is 18.3. The van der Waals surface area contributed by atoms with E-state index in [1.807, 2.05) is 12.2 Å². The number of fused-ring (bicyclic) bond motifs is 1. The Labute approximate surface area is 158 Å². The van der Waals surface area contributed by atoms with E-state index in [9.17, 15) is 18.0 Å². The first-order chi connectivity index (χ1) is 13.0. The van der Waals surface area contributed by atoms with E-state index in [-0.39, 0.29) is 35.1 Å². The zero-order valence-electron chi connectivity index (χ0n) is 14.9. The standard InChI is InChI=1S/C19H22N2O5S/c22-18-16-6-1-2-7-17(16)19(23)21(18)13-14-4-3-5-15(12-14)27(24,25)20-8-10-26-11-9-20/h1-5,12,16-17H,6-11,13H2/t16-,17-/m1/s1. The van der Waals surface area contributed by atoms with Crippen LogP contribution in [0.5, 0.6) is 0 Å². The molecule has 0 radical (unpaired) electrons. The lowest BCUT2D eigenvalue weighted by molar-refractivity contribution is -0.140. The van der Waals surface area contributed by atoms with Gasteiger partial charge in [0.25, 0.3) is 0 Å². The molecule has 0 aromatic heterocycles. The summed E-state index contributed by atoms with van der Waals surface area (Å²) in [6.07, 6.45) is 5.09. The van der Waals surface area contributed by atoms with E-state index >= 15 is 0 Å². The van der Waals surface area contributed by atoms with Crippen molar-refractivity contribution in [2.24, 2.45) is 11.8 Å². The third-order valence-electron chi connectivity index (χ3n) is 5.45. The maximum Gasteiger partial charge on any atom is 0.243 e. The molecule has 1 aliphatic carbocycles. The SMILES string of the molecule is O=C1[C@@H]2CC=CC[C@H]2C(=O)N1Cc1cccc(S(=O)(=O)N2CCOCC2)c1. The van der Waals surface area contributed by atoms with Gasteiger partial charge in [-0.25, -0.2) is 8.42 Å². The largest absolute Gasteiger partial charge is 0.379 e. The zero-order valence-corrected chi connectivity index (χ0v) is 15.7. The second-order valence-corrected chi connectivity index (χ2v) is 9.02. The topological polar surface area (TPSA) is 84.0 Å². The Morgan fingerprint density at radius 1 is 1.00 bits per heavy atom. The summed E-state index contributed by atoms with van der Waals surface area (Å²) in [6, 6.07) is 6.51. The van der Waals surface area contributed by atoms with Gasteiger partial charge >= 0.3 is 0 Å². The monoisotopic (exact) mass is 390 g/mol. The number of amides is 2. The van der Waals surface area contributed by atoms with Gasteiger partial charge in [0.15, 0.2) is 0 Å². The number of rotatable bonds is 4. The van der Waals surface area contributed by atoms with Crippen molar-refractivity contribution in [3.05, 3.63) is 42.0 Å². The summed E-state index contributed by atoms with van der Waals surface area (Å²) in [4.78, 5) is 26.7. The number of ether oxygens (including phenoxy) is 1. The van der Waals surface area contributed by atoms with Gasteiger partial charge in [0.1, 0.15) is 0 Å². The maximum atomic E-state index is 12.8. The summed E-state index contributed by atoms with van der Waals surface area (Å²) in [7, 11) is -3.61. The molecule has 3 aliphatic rings. The van der Waals surface area contributed by atoms with E-state index in [0.717, 1.165) is 0 Å². The van der Waals surface area contributed by atoms with Gasteiger partial charge in [0.2, 0.25) is 21.8 Å². The summed E-state index contributed by atoms with van der Waals surface area (Å²) in [5.41, 5.74) is 0.637. The van der Waals surface area contributed by atoms with Gasteiger partial charge in [-0.05, 0) is 30.5 Å². The fraction of sp³-hybridized carbons (Fsp3) is 0.474. The molecule has 2 heterocycles. The summed E-state index contributed by atoms with van der Waals surface area (Å²) < 4.78 is 32.3. The predicted molar refractivity (Wildman–Crippen MR) is 96.9 cm³/mol. The molecule has 2 fully saturated rings. The van der Waals surface area contributed by atoms with Gasteiger partial charge in [-0.15, -0.1) is 0 Å². The minimum atomic E-state index is -3.61. The molecule has 2 saturated heterocycles. The molecule has 0 N–H and O–H groups in total. The second-order valence-electron chi connectivity index (χ2n) is 7.08. The van der Waals surface area contributed by atoms with Crippen LogP contribution in [0.2, 0.25) is 0 Å². The van der Waals surface area contributed by atoms with Crippen LogP contribution in [0.25, 0.3) is 0 Å². The quantitative estimate of drug-likeness (QED) is 0.569. The number of nitrogens with zero attached hydrogens (tertiary/aromatic N) is 2. The van der Waals surface area contributed by atoms with Gasteiger partial charge in [0.05, 0.1) is 36.5 Å². The summed E-state index contributed by atoms with van der Waals surface area (Å²) in [5, 5.41) is 0. The Balaban J connectivity index is 1.55. The molecule has 0 bridgehead atoms. The molecule has 144 valence electrons. The van der Waals surface area contributed by atoms with Crippen molar-refractivity contribution >= 4 is 21.8 Å². The number of morpholine rings is 1. The van der Waals surface area contributed by atoms with E-state index < -0.39 is 10.0 Å². The number of allylic oxidation sites excluding steroid dienone is 2. The lowest BCUT2D eigenvalue weighted by atomic mass is 9.85. The summed E-state index contributed by atoms with van der Waals surface area (Å²) in [5.74, 6) is -0.864. The van der Waals surface area contributed by atoms with Crippen LogP contribution >= 0.6 is 0 Å². The highest BCUT2D eigenvalue weighted by atomic mass is 32.2. The van der Waals surface area contributed by atoms with Crippen molar-refractivity contribution in [3.8, 4) is 0 Å². The van der Waals surface area contributed by atoms with Crippen LogP contribution in [0, 0.1) is 11.8 Å². The van der Waals surface area contributed by atoms with Gasteiger partial charge in [-0.2, -0.15) is 4.31 Å². The minimum absolute atomic E-state index is 0.108. The zero-order chi connectivity index (χ0) is 19.0. The fourth-order valence-corrected chi connectivity index (χ4v) is 5.43. The van der Waals surface area contributed by atoms with Crippen LogP contribution in [0.3, 0.4) is 0 Å². The Morgan fingerprint density at radius 2 is 1.63 bits per heavy atom. The molecule has 7 nitrogen and oxygen atoms in total.